The number of rotatable bonds is 5. The normalized spacial score (nSPS) is 11.4. The lowest BCUT2D eigenvalue weighted by Gasteiger charge is -2.25. The molecule has 0 amide bonds. The van der Waals surface area contributed by atoms with Crippen molar-refractivity contribution in [1.82, 2.24) is 4.98 Å². The first-order valence-corrected chi connectivity index (χ1v) is 13.6. The van der Waals surface area contributed by atoms with E-state index >= 15 is 0 Å². The quantitative estimate of drug-likeness (QED) is 0.223. The Labute approximate surface area is 236 Å². The highest BCUT2D eigenvalue weighted by Crippen LogP contribution is 2.41. The number of oxazole rings is 1. The first kappa shape index (κ1) is 23.3. The predicted molar refractivity (Wildman–Crippen MR) is 167 cm³/mol. The fraction of sp³-hybridized carbons (Fsp3) is 0. The Balaban J connectivity index is 1.29. The number of hydrogen-bond acceptors (Lipinski definition) is 4. The summed E-state index contributed by atoms with van der Waals surface area (Å²) in [7, 11) is 0. The summed E-state index contributed by atoms with van der Waals surface area (Å²) in [5.74, 6) is 0.600. The summed E-state index contributed by atoms with van der Waals surface area (Å²) in [5.41, 5.74) is 9.61. The molecular weight excluding hydrogens is 504 g/mol. The molecule has 0 bridgehead atoms. The van der Waals surface area contributed by atoms with E-state index in [0.717, 1.165) is 55.7 Å². The van der Waals surface area contributed by atoms with E-state index in [9.17, 15) is 0 Å². The van der Waals surface area contributed by atoms with Crippen LogP contribution < -0.4 is 4.90 Å². The zero-order chi connectivity index (χ0) is 27.2. The van der Waals surface area contributed by atoms with Gasteiger partial charge in [-0.3, -0.25) is 0 Å². The molecule has 0 atom stereocenters. The van der Waals surface area contributed by atoms with Gasteiger partial charge < -0.3 is 13.7 Å². The van der Waals surface area contributed by atoms with E-state index < -0.39 is 0 Å². The molecule has 194 valence electrons. The average molecular weight is 529 g/mol. The number of fused-ring (bicyclic) bond motifs is 5. The molecule has 6 aromatic carbocycles. The van der Waals surface area contributed by atoms with Gasteiger partial charge in [0.1, 0.15) is 16.7 Å². The molecule has 0 saturated heterocycles. The predicted octanol–water partition coefficient (Wildman–Crippen LogP) is 10.5. The number of para-hydroxylation sites is 1. The van der Waals surface area contributed by atoms with Gasteiger partial charge in [-0.25, -0.2) is 4.98 Å². The molecule has 41 heavy (non-hydrogen) atoms. The van der Waals surface area contributed by atoms with Crippen molar-refractivity contribution in [3.63, 3.8) is 0 Å². The standard InChI is InChI=1S/C37H24N2O2/c1-4-10-25(11-5-1)26-16-18-29(19-17-26)39(28-14-8-3-9-15-28)30-20-22-33-31(24-30)35-34(40-33)23-21-32-36(35)41-37(38-32)27-12-6-2-7-13-27/h1-24H. The lowest BCUT2D eigenvalue weighted by atomic mass is 10.0. The number of benzene rings is 6. The van der Waals surface area contributed by atoms with Crippen LogP contribution >= 0.6 is 0 Å². The summed E-state index contributed by atoms with van der Waals surface area (Å²) in [6, 6.07) is 49.8. The van der Waals surface area contributed by atoms with Gasteiger partial charge >= 0.3 is 0 Å². The second kappa shape index (κ2) is 9.54. The molecule has 2 heterocycles. The number of nitrogens with zero attached hydrogens (tertiary/aromatic N) is 2. The molecule has 0 unspecified atom stereocenters. The smallest absolute Gasteiger partial charge is 0.227 e. The van der Waals surface area contributed by atoms with Crippen LogP contribution in [0, 0.1) is 0 Å². The summed E-state index contributed by atoms with van der Waals surface area (Å²) >= 11 is 0. The number of hydrogen-bond donors (Lipinski definition) is 0. The molecule has 0 spiro atoms. The van der Waals surface area contributed by atoms with Crippen molar-refractivity contribution >= 4 is 50.1 Å². The lowest BCUT2D eigenvalue weighted by Crippen LogP contribution is -2.09. The Morgan fingerprint density at radius 2 is 1.05 bits per heavy atom. The van der Waals surface area contributed by atoms with Crippen molar-refractivity contribution in [1.29, 1.82) is 0 Å². The third kappa shape index (κ3) is 4.05. The minimum atomic E-state index is 0.600. The van der Waals surface area contributed by atoms with Gasteiger partial charge in [0.25, 0.3) is 0 Å². The van der Waals surface area contributed by atoms with E-state index in [0.29, 0.717) is 5.89 Å². The number of anilines is 3. The topological polar surface area (TPSA) is 42.4 Å². The highest BCUT2D eigenvalue weighted by atomic mass is 16.4. The lowest BCUT2D eigenvalue weighted by molar-refractivity contribution is 0.622. The van der Waals surface area contributed by atoms with Crippen LogP contribution in [0.1, 0.15) is 0 Å². The van der Waals surface area contributed by atoms with Crippen molar-refractivity contribution in [2.45, 2.75) is 0 Å². The maximum absolute atomic E-state index is 6.37. The van der Waals surface area contributed by atoms with E-state index in [1.807, 2.05) is 60.7 Å². The highest BCUT2D eigenvalue weighted by Gasteiger charge is 2.19. The maximum atomic E-state index is 6.37. The van der Waals surface area contributed by atoms with Crippen molar-refractivity contribution < 1.29 is 8.83 Å². The van der Waals surface area contributed by atoms with Crippen molar-refractivity contribution in [3.05, 3.63) is 146 Å². The largest absolute Gasteiger partial charge is 0.456 e. The van der Waals surface area contributed by atoms with E-state index in [1.54, 1.807) is 0 Å². The molecule has 0 N–H and O–H groups in total. The van der Waals surface area contributed by atoms with E-state index in [-0.39, 0.29) is 0 Å². The summed E-state index contributed by atoms with van der Waals surface area (Å²) in [4.78, 5) is 7.05. The van der Waals surface area contributed by atoms with Crippen LogP contribution in [0.2, 0.25) is 0 Å². The first-order valence-electron chi connectivity index (χ1n) is 13.6. The Morgan fingerprint density at radius 3 is 1.78 bits per heavy atom. The van der Waals surface area contributed by atoms with Crippen LogP contribution in [0.5, 0.6) is 0 Å². The van der Waals surface area contributed by atoms with E-state index in [2.05, 4.69) is 89.8 Å². The summed E-state index contributed by atoms with van der Waals surface area (Å²) < 4.78 is 12.7. The number of furan rings is 1. The molecule has 4 heteroatoms. The molecular formula is C37H24N2O2. The van der Waals surface area contributed by atoms with Crippen molar-refractivity contribution in [3.8, 4) is 22.6 Å². The van der Waals surface area contributed by atoms with Crippen LogP contribution in [-0.4, -0.2) is 4.98 Å². The molecule has 4 nitrogen and oxygen atoms in total. The average Bonchev–Trinajstić information content (AvgIpc) is 3.64. The van der Waals surface area contributed by atoms with Gasteiger partial charge in [-0.2, -0.15) is 0 Å². The molecule has 8 aromatic rings. The molecule has 2 aromatic heterocycles. The van der Waals surface area contributed by atoms with Gasteiger partial charge in [0.15, 0.2) is 5.58 Å². The molecule has 0 radical (unpaired) electrons. The molecule has 8 rings (SSSR count). The second-order valence-corrected chi connectivity index (χ2v) is 10.0. The van der Waals surface area contributed by atoms with Crippen molar-refractivity contribution in [2.75, 3.05) is 4.90 Å². The maximum Gasteiger partial charge on any atom is 0.227 e. The molecule has 0 aliphatic heterocycles. The van der Waals surface area contributed by atoms with E-state index in [4.69, 9.17) is 13.8 Å². The fourth-order valence-corrected chi connectivity index (χ4v) is 5.54. The highest BCUT2D eigenvalue weighted by molar-refractivity contribution is 6.17. The Bertz CT molecular complexity index is 2130. The minimum Gasteiger partial charge on any atom is -0.456 e. The summed E-state index contributed by atoms with van der Waals surface area (Å²) in [6.07, 6.45) is 0. The number of aromatic nitrogens is 1. The third-order valence-corrected chi connectivity index (χ3v) is 7.50. The summed E-state index contributed by atoms with van der Waals surface area (Å²) in [5, 5.41) is 1.92. The Kier molecular flexibility index (Phi) is 5.42. The third-order valence-electron chi connectivity index (χ3n) is 7.50. The van der Waals surface area contributed by atoms with Gasteiger partial charge in [-0.05, 0) is 77.9 Å². The van der Waals surface area contributed by atoms with Gasteiger partial charge in [0, 0.05) is 28.0 Å². The minimum absolute atomic E-state index is 0.600. The molecule has 0 aliphatic carbocycles. The van der Waals surface area contributed by atoms with Crippen LogP contribution in [0.4, 0.5) is 17.1 Å². The van der Waals surface area contributed by atoms with Crippen LogP contribution in [0.25, 0.3) is 55.6 Å². The summed E-state index contributed by atoms with van der Waals surface area (Å²) in [6.45, 7) is 0. The van der Waals surface area contributed by atoms with Crippen LogP contribution in [-0.2, 0) is 0 Å². The first-order chi connectivity index (χ1) is 20.3. The SMILES string of the molecule is c1ccc(-c2ccc(N(c3ccccc3)c3ccc4oc5ccc6nc(-c7ccccc7)oc6c5c4c3)cc2)cc1. The van der Waals surface area contributed by atoms with Gasteiger partial charge in [0.05, 0.1) is 5.39 Å². The van der Waals surface area contributed by atoms with Crippen LogP contribution in [0.3, 0.4) is 0 Å². The van der Waals surface area contributed by atoms with Crippen molar-refractivity contribution in [2.24, 2.45) is 0 Å². The Morgan fingerprint density at radius 1 is 0.463 bits per heavy atom. The van der Waals surface area contributed by atoms with Gasteiger partial charge in [-0.15, -0.1) is 0 Å². The van der Waals surface area contributed by atoms with E-state index in [1.165, 1.54) is 11.1 Å². The molecule has 0 aliphatic rings. The second-order valence-electron chi connectivity index (χ2n) is 10.0. The van der Waals surface area contributed by atoms with Crippen LogP contribution in [0.15, 0.2) is 154 Å². The molecule has 0 saturated carbocycles. The zero-order valence-electron chi connectivity index (χ0n) is 22.1. The van der Waals surface area contributed by atoms with Gasteiger partial charge in [0.2, 0.25) is 5.89 Å². The monoisotopic (exact) mass is 528 g/mol. The van der Waals surface area contributed by atoms with Gasteiger partial charge in [-0.1, -0.05) is 78.9 Å². The zero-order valence-corrected chi connectivity index (χ0v) is 22.1. The Hall–Kier alpha value is -5.61. The molecule has 0 fully saturated rings. The fourth-order valence-electron chi connectivity index (χ4n) is 5.54.